The van der Waals surface area contributed by atoms with E-state index in [-0.39, 0.29) is 19.0 Å². The van der Waals surface area contributed by atoms with E-state index in [4.69, 9.17) is 4.74 Å². The molecule has 0 spiro atoms. The highest BCUT2D eigenvalue weighted by Crippen LogP contribution is 2.25. The van der Waals surface area contributed by atoms with E-state index in [9.17, 15) is 19.2 Å². The van der Waals surface area contributed by atoms with Gasteiger partial charge in [-0.3, -0.25) is 14.4 Å². The minimum atomic E-state index is -1.00. The smallest absolute Gasteiger partial charge is 0.408 e. The number of hydrogen-bond acceptors (Lipinski definition) is 6. The predicted molar refractivity (Wildman–Crippen MR) is 134 cm³/mol. The first-order valence-electron chi connectivity index (χ1n) is 12.1. The Kier molecular flexibility index (Phi) is 11.7. The number of rotatable bonds is 11. The zero-order chi connectivity index (χ0) is 26.8. The highest BCUT2D eigenvalue weighted by Gasteiger charge is 2.37. The van der Waals surface area contributed by atoms with E-state index in [0.29, 0.717) is 12.0 Å². The summed E-state index contributed by atoms with van der Waals surface area (Å²) in [6.07, 6.45) is 0.698. The minimum absolute atomic E-state index is 0.268. The third-order valence-electron chi connectivity index (χ3n) is 5.25. The molecule has 9 heteroatoms. The molecule has 0 aliphatic heterocycles. The van der Waals surface area contributed by atoms with Crippen molar-refractivity contribution in [2.24, 2.45) is 5.92 Å². The molecule has 35 heavy (non-hydrogen) atoms. The zero-order valence-electron chi connectivity index (χ0n) is 22.3. The van der Waals surface area contributed by atoms with Crippen molar-refractivity contribution in [1.82, 2.24) is 15.5 Å². The van der Waals surface area contributed by atoms with E-state index in [0.717, 1.165) is 12.0 Å². The molecule has 1 aromatic rings. The lowest BCUT2D eigenvalue weighted by Gasteiger charge is -2.35. The average molecular weight is 492 g/mol. The number of benzene rings is 1. The SMILES string of the molecule is CCCN(C(=O)C(NC(=O)OC(C)(C)C)C(C)C)C(C(=O)NCC(=O)OC)c1ccc(CC)cc1. The number of nitrogens with one attached hydrogen (secondary N) is 2. The lowest BCUT2D eigenvalue weighted by atomic mass is 9.97. The summed E-state index contributed by atoms with van der Waals surface area (Å²) in [5.41, 5.74) is 0.961. The van der Waals surface area contributed by atoms with Crippen molar-refractivity contribution in [1.29, 1.82) is 0 Å². The molecule has 0 bridgehead atoms. The van der Waals surface area contributed by atoms with Gasteiger partial charge >= 0.3 is 12.1 Å². The fraction of sp³-hybridized carbons (Fsp3) is 0.615. The van der Waals surface area contributed by atoms with Gasteiger partial charge in [-0.25, -0.2) is 4.79 Å². The molecule has 1 aromatic carbocycles. The van der Waals surface area contributed by atoms with Gasteiger partial charge in [0.25, 0.3) is 0 Å². The lowest BCUT2D eigenvalue weighted by Crippen LogP contribution is -2.55. The molecule has 0 radical (unpaired) electrons. The van der Waals surface area contributed by atoms with Gasteiger partial charge in [-0.2, -0.15) is 0 Å². The van der Waals surface area contributed by atoms with Gasteiger partial charge in [0.2, 0.25) is 11.8 Å². The van der Waals surface area contributed by atoms with Crippen LogP contribution in [0, 0.1) is 5.92 Å². The quantitative estimate of drug-likeness (QED) is 0.459. The Labute approximate surface area is 208 Å². The van der Waals surface area contributed by atoms with E-state index in [1.165, 1.54) is 12.0 Å². The number of nitrogens with zero attached hydrogens (tertiary/aromatic N) is 1. The highest BCUT2D eigenvalue weighted by atomic mass is 16.6. The summed E-state index contributed by atoms with van der Waals surface area (Å²) >= 11 is 0. The van der Waals surface area contributed by atoms with Crippen LogP contribution in [0.3, 0.4) is 0 Å². The maximum atomic E-state index is 13.8. The van der Waals surface area contributed by atoms with Crippen LogP contribution in [-0.2, 0) is 30.3 Å². The Balaban J connectivity index is 3.39. The number of carbonyl (C=O) groups excluding carboxylic acids is 4. The molecule has 0 aromatic heterocycles. The van der Waals surface area contributed by atoms with Gasteiger partial charge in [0.1, 0.15) is 24.2 Å². The van der Waals surface area contributed by atoms with Crippen LogP contribution < -0.4 is 10.6 Å². The molecular formula is C26H41N3O6. The monoisotopic (exact) mass is 491 g/mol. The second kappa shape index (κ2) is 13.7. The number of hydrogen-bond donors (Lipinski definition) is 2. The largest absolute Gasteiger partial charge is 0.468 e. The molecule has 1 rings (SSSR count). The Hall–Kier alpha value is -3.10. The van der Waals surface area contributed by atoms with Crippen molar-refractivity contribution < 1.29 is 28.7 Å². The van der Waals surface area contributed by atoms with Gasteiger partial charge in [-0.15, -0.1) is 0 Å². The summed E-state index contributed by atoms with van der Waals surface area (Å²) in [5, 5.41) is 5.25. The van der Waals surface area contributed by atoms with Gasteiger partial charge in [0, 0.05) is 6.54 Å². The van der Waals surface area contributed by atoms with Crippen LogP contribution >= 0.6 is 0 Å². The summed E-state index contributed by atoms with van der Waals surface area (Å²) in [5.74, 6) is -1.79. The van der Waals surface area contributed by atoms with Gasteiger partial charge in [0.15, 0.2) is 0 Å². The first-order chi connectivity index (χ1) is 16.3. The van der Waals surface area contributed by atoms with Crippen molar-refractivity contribution in [3.63, 3.8) is 0 Å². The number of aryl methyl sites for hydroxylation is 1. The Bertz CT molecular complexity index is 861. The van der Waals surface area contributed by atoms with E-state index >= 15 is 0 Å². The maximum absolute atomic E-state index is 13.8. The number of carbonyl (C=O) groups is 4. The van der Waals surface area contributed by atoms with Crippen molar-refractivity contribution >= 4 is 23.9 Å². The van der Waals surface area contributed by atoms with Crippen molar-refractivity contribution in [2.45, 2.75) is 79.0 Å². The topological polar surface area (TPSA) is 114 Å². The molecular weight excluding hydrogens is 450 g/mol. The number of ether oxygens (including phenoxy) is 2. The second-order valence-electron chi connectivity index (χ2n) is 9.69. The van der Waals surface area contributed by atoms with E-state index < -0.39 is 41.6 Å². The van der Waals surface area contributed by atoms with Gasteiger partial charge in [-0.05, 0) is 50.7 Å². The van der Waals surface area contributed by atoms with E-state index in [1.807, 2.05) is 52.0 Å². The second-order valence-corrected chi connectivity index (χ2v) is 9.69. The fourth-order valence-corrected chi connectivity index (χ4v) is 3.47. The normalized spacial score (nSPS) is 12.9. The molecule has 0 aliphatic rings. The van der Waals surface area contributed by atoms with E-state index in [2.05, 4.69) is 15.4 Å². The van der Waals surface area contributed by atoms with Gasteiger partial charge < -0.3 is 25.0 Å². The predicted octanol–water partition coefficient (Wildman–Crippen LogP) is 3.37. The van der Waals surface area contributed by atoms with Crippen LogP contribution in [0.4, 0.5) is 4.79 Å². The van der Waals surface area contributed by atoms with Gasteiger partial charge in [0.05, 0.1) is 7.11 Å². The van der Waals surface area contributed by atoms with Crippen LogP contribution in [-0.4, -0.2) is 60.6 Å². The van der Waals surface area contributed by atoms with Gasteiger partial charge in [-0.1, -0.05) is 52.0 Å². The Morgan fingerprint density at radius 1 is 1.03 bits per heavy atom. The summed E-state index contributed by atoms with van der Waals surface area (Å²) < 4.78 is 9.98. The van der Waals surface area contributed by atoms with Crippen LogP contribution in [0.25, 0.3) is 0 Å². The third-order valence-corrected chi connectivity index (χ3v) is 5.25. The summed E-state index contributed by atoms with van der Waals surface area (Å²) in [6.45, 7) is 12.7. The molecule has 2 atom stereocenters. The fourth-order valence-electron chi connectivity index (χ4n) is 3.47. The number of esters is 1. The summed E-state index contributed by atoms with van der Waals surface area (Å²) in [7, 11) is 1.23. The molecule has 2 N–H and O–H groups in total. The molecule has 9 nitrogen and oxygen atoms in total. The van der Waals surface area contributed by atoms with Crippen LogP contribution in [0.2, 0.25) is 0 Å². The summed E-state index contributed by atoms with van der Waals surface area (Å²) in [4.78, 5) is 52.7. The number of methoxy groups -OCH3 is 1. The zero-order valence-corrected chi connectivity index (χ0v) is 22.3. The van der Waals surface area contributed by atoms with Crippen molar-refractivity contribution in [3.8, 4) is 0 Å². The first-order valence-corrected chi connectivity index (χ1v) is 12.1. The molecule has 0 saturated heterocycles. The standard InChI is InChI=1S/C26H41N3O6/c1-9-15-29(24(32)21(17(3)4)28-25(33)35-26(5,6)7)22(23(31)27-16-20(30)34-8)19-13-11-18(10-2)12-14-19/h11-14,17,21-22H,9-10,15-16H2,1-8H3,(H,27,31)(H,28,33). The average Bonchev–Trinajstić information content (AvgIpc) is 2.79. The first kappa shape index (κ1) is 29.9. The highest BCUT2D eigenvalue weighted by molar-refractivity contribution is 5.93. The molecule has 2 unspecified atom stereocenters. The summed E-state index contributed by atoms with van der Waals surface area (Å²) in [6, 6.07) is 5.51. The van der Waals surface area contributed by atoms with Crippen molar-refractivity contribution in [2.75, 3.05) is 20.2 Å². The molecule has 0 heterocycles. The maximum Gasteiger partial charge on any atom is 0.408 e. The molecule has 0 fully saturated rings. The molecule has 0 saturated carbocycles. The molecule has 0 aliphatic carbocycles. The lowest BCUT2D eigenvalue weighted by molar-refractivity contribution is -0.145. The Morgan fingerprint density at radius 3 is 2.09 bits per heavy atom. The number of amides is 3. The van der Waals surface area contributed by atoms with E-state index in [1.54, 1.807) is 20.8 Å². The van der Waals surface area contributed by atoms with Crippen molar-refractivity contribution in [3.05, 3.63) is 35.4 Å². The molecule has 196 valence electrons. The van der Waals surface area contributed by atoms with Crippen LogP contribution in [0.1, 0.15) is 72.1 Å². The third kappa shape index (κ3) is 9.58. The Morgan fingerprint density at radius 2 is 1.63 bits per heavy atom. The molecule has 3 amide bonds. The van der Waals surface area contributed by atoms with Crippen LogP contribution in [0.15, 0.2) is 24.3 Å². The number of alkyl carbamates (subject to hydrolysis) is 1. The minimum Gasteiger partial charge on any atom is -0.468 e. The van der Waals surface area contributed by atoms with Crippen LogP contribution in [0.5, 0.6) is 0 Å².